The monoisotopic (exact) mass is 265 g/mol. The molecule has 0 saturated heterocycles. The second kappa shape index (κ2) is 6.67. The highest BCUT2D eigenvalue weighted by Crippen LogP contribution is 2.25. The zero-order valence-corrected chi connectivity index (χ0v) is 10.8. The van der Waals surface area contributed by atoms with E-state index in [4.69, 9.17) is 21.6 Å². The third-order valence-corrected chi connectivity index (χ3v) is 2.54. The van der Waals surface area contributed by atoms with Crippen molar-refractivity contribution >= 4 is 17.6 Å². The van der Waals surface area contributed by atoms with E-state index < -0.39 is 5.97 Å². The van der Waals surface area contributed by atoms with Crippen LogP contribution in [0.4, 0.5) is 0 Å². The van der Waals surface area contributed by atoms with Crippen molar-refractivity contribution in [3.05, 3.63) is 40.4 Å². The molecule has 0 saturated carbocycles. The summed E-state index contributed by atoms with van der Waals surface area (Å²) in [5, 5.41) is 9.27. The molecule has 0 N–H and O–H groups in total. The predicted octanol–water partition coefficient (Wildman–Crippen LogP) is 2.71. The lowest BCUT2D eigenvalue weighted by Crippen LogP contribution is -2.04. The minimum absolute atomic E-state index is 0.163. The Morgan fingerprint density at radius 2 is 2.28 bits per heavy atom. The average Bonchev–Trinajstić information content (AvgIpc) is 2.37. The van der Waals surface area contributed by atoms with E-state index in [-0.39, 0.29) is 12.2 Å². The first kappa shape index (κ1) is 14.1. The third kappa shape index (κ3) is 3.51. The van der Waals surface area contributed by atoms with Crippen molar-refractivity contribution in [2.75, 3.05) is 13.7 Å². The van der Waals surface area contributed by atoms with Gasteiger partial charge in [-0.25, -0.2) is 4.79 Å². The lowest BCUT2D eigenvalue weighted by atomic mass is 10.2. The largest absolute Gasteiger partial charge is 0.488 e. The number of methoxy groups -OCH3 is 1. The molecule has 4 nitrogen and oxygen atoms in total. The van der Waals surface area contributed by atoms with Crippen molar-refractivity contribution < 1.29 is 14.3 Å². The SMILES string of the molecule is COC(=O)/C(C)=C/COc1cccc(Cl)c1C#N. The van der Waals surface area contributed by atoms with Gasteiger partial charge in [-0.15, -0.1) is 0 Å². The van der Waals surface area contributed by atoms with E-state index in [1.807, 2.05) is 6.07 Å². The molecule has 0 atom stereocenters. The lowest BCUT2D eigenvalue weighted by Gasteiger charge is -2.06. The summed E-state index contributed by atoms with van der Waals surface area (Å²) in [5.74, 6) is -0.0240. The van der Waals surface area contributed by atoms with Crippen molar-refractivity contribution in [2.45, 2.75) is 6.92 Å². The molecule has 0 heterocycles. The van der Waals surface area contributed by atoms with E-state index in [1.54, 1.807) is 31.2 Å². The molecule has 18 heavy (non-hydrogen) atoms. The van der Waals surface area contributed by atoms with Gasteiger partial charge in [0.15, 0.2) is 0 Å². The number of carbonyl (C=O) groups is 1. The van der Waals surface area contributed by atoms with Gasteiger partial charge < -0.3 is 9.47 Å². The molecule has 0 aromatic heterocycles. The van der Waals surface area contributed by atoms with Crippen molar-refractivity contribution in [3.8, 4) is 11.8 Å². The predicted molar refractivity (Wildman–Crippen MR) is 67.4 cm³/mol. The maximum absolute atomic E-state index is 11.1. The maximum atomic E-state index is 11.1. The molecule has 0 aliphatic rings. The first-order valence-electron chi connectivity index (χ1n) is 5.16. The molecular formula is C13H12ClNO3. The van der Waals surface area contributed by atoms with Crippen LogP contribution in [-0.4, -0.2) is 19.7 Å². The molecule has 94 valence electrons. The molecule has 0 radical (unpaired) electrons. The Morgan fingerprint density at radius 1 is 1.56 bits per heavy atom. The molecule has 0 amide bonds. The number of halogens is 1. The van der Waals surface area contributed by atoms with Crippen LogP contribution in [0.25, 0.3) is 0 Å². The van der Waals surface area contributed by atoms with Gasteiger partial charge in [-0.1, -0.05) is 17.7 Å². The van der Waals surface area contributed by atoms with E-state index >= 15 is 0 Å². The van der Waals surface area contributed by atoms with Crippen LogP contribution in [0.5, 0.6) is 5.75 Å². The molecular weight excluding hydrogens is 254 g/mol. The zero-order valence-electron chi connectivity index (χ0n) is 10.1. The fraction of sp³-hybridized carbons (Fsp3) is 0.231. The van der Waals surface area contributed by atoms with Crippen LogP contribution in [-0.2, 0) is 9.53 Å². The van der Waals surface area contributed by atoms with Crippen LogP contribution in [0.15, 0.2) is 29.8 Å². The van der Waals surface area contributed by atoms with Gasteiger partial charge in [-0.2, -0.15) is 5.26 Å². The second-order valence-corrected chi connectivity index (χ2v) is 3.82. The third-order valence-electron chi connectivity index (χ3n) is 2.22. The number of nitrogens with zero attached hydrogens (tertiary/aromatic N) is 1. The van der Waals surface area contributed by atoms with Gasteiger partial charge in [-0.05, 0) is 25.1 Å². The Labute approximate surface area is 110 Å². The number of carbonyl (C=O) groups excluding carboxylic acids is 1. The summed E-state index contributed by atoms with van der Waals surface area (Å²) in [6.07, 6.45) is 1.58. The normalized spacial score (nSPS) is 10.7. The number of esters is 1. The van der Waals surface area contributed by atoms with Crippen LogP contribution < -0.4 is 4.74 Å². The minimum Gasteiger partial charge on any atom is -0.488 e. The van der Waals surface area contributed by atoms with E-state index in [1.165, 1.54) is 7.11 Å². The first-order chi connectivity index (χ1) is 8.60. The van der Waals surface area contributed by atoms with Gasteiger partial charge in [0, 0.05) is 5.57 Å². The molecule has 0 fully saturated rings. The molecule has 1 aromatic rings. The molecule has 0 bridgehead atoms. The quantitative estimate of drug-likeness (QED) is 0.620. The minimum atomic E-state index is -0.412. The van der Waals surface area contributed by atoms with Crippen molar-refractivity contribution in [3.63, 3.8) is 0 Å². The number of ether oxygens (including phenoxy) is 2. The Hall–Kier alpha value is -1.99. The Kier molecular flexibility index (Phi) is 5.22. The molecule has 1 rings (SSSR count). The van der Waals surface area contributed by atoms with Crippen LogP contribution >= 0.6 is 11.6 Å². The van der Waals surface area contributed by atoms with Crippen molar-refractivity contribution in [2.24, 2.45) is 0 Å². The molecule has 0 aliphatic heterocycles. The number of rotatable bonds is 4. The second-order valence-electron chi connectivity index (χ2n) is 3.41. The summed E-state index contributed by atoms with van der Waals surface area (Å²) in [7, 11) is 1.31. The summed E-state index contributed by atoms with van der Waals surface area (Å²) < 4.78 is 9.93. The van der Waals surface area contributed by atoms with E-state index in [2.05, 4.69) is 4.74 Å². The standard InChI is InChI=1S/C13H12ClNO3/c1-9(13(16)17-2)6-7-18-12-5-3-4-11(14)10(12)8-15/h3-6H,7H2,1-2H3/b9-6+. The first-order valence-corrected chi connectivity index (χ1v) is 5.54. The highest BCUT2D eigenvalue weighted by Gasteiger charge is 2.07. The summed E-state index contributed by atoms with van der Waals surface area (Å²) in [6.45, 7) is 1.79. The van der Waals surface area contributed by atoms with Crippen LogP contribution in [0.3, 0.4) is 0 Å². The van der Waals surface area contributed by atoms with Crippen LogP contribution in [0.1, 0.15) is 12.5 Å². The fourth-order valence-corrected chi connectivity index (χ4v) is 1.44. The van der Waals surface area contributed by atoms with Crippen molar-refractivity contribution in [1.29, 1.82) is 5.26 Å². The van der Waals surface area contributed by atoms with E-state index in [0.717, 1.165) is 0 Å². The van der Waals surface area contributed by atoms with Gasteiger partial charge in [0.25, 0.3) is 0 Å². The van der Waals surface area contributed by atoms with E-state index in [9.17, 15) is 4.79 Å². The molecule has 0 unspecified atom stereocenters. The molecule has 0 spiro atoms. The Morgan fingerprint density at radius 3 is 2.89 bits per heavy atom. The van der Waals surface area contributed by atoms with Crippen molar-refractivity contribution in [1.82, 2.24) is 0 Å². The Bertz CT molecular complexity index is 517. The maximum Gasteiger partial charge on any atom is 0.333 e. The van der Waals surface area contributed by atoms with E-state index in [0.29, 0.717) is 16.3 Å². The summed E-state index contributed by atoms with van der Waals surface area (Å²) >= 11 is 5.85. The molecule has 1 aromatic carbocycles. The van der Waals surface area contributed by atoms with Crippen LogP contribution in [0.2, 0.25) is 5.02 Å². The number of nitriles is 1. The smallest absolute Gasteiger partial charge is 0.333 e. The summed E-state index contributed by atoms with van der Waals surface area (Å²) in [4.78, 5) is 11.1. The van der Waals surface area contributed by atoms with Gasteiger partial charge in [0.2, 0.25) is 0 Å². The fourth-order valence-electron chi connectivity index (χ4n) is 1.23. The summed E-state index contributed by atoms with van der Waals surface area (Å²) in [5.41, 5.74) is 0.723. The lowest BCUT2D eigenvalue weighted by molar-refractivity contribution is -0.136. The van der Waals surface area contributed by atoms with Crippen LogP contribution in [0, 0.1) is 11.3 Å². The van der Waals surface area contributed by atoms with Gasteiger partial charge in [0.05, 0.1) is 12.1 Å². The highest BCUT2D eigenvalue weighted by molar-refractivity contribution is 6.31. The number of benzene rings is 1. The topological polar surface area (TPSA) is 59.3 Å². The van der Waals surface area contributed by atoms with Gasteiger partial charge in [-0.3, -0.25) is 0 Å². The number of hydrogen-bond acceptors (Lipinski definition) is 4. The van der Waals surface area contributed by atoms with Gasteiger partial charge in [0.1, 0.15) is 24.0 Å². The molecule has 0 aliphatic carbocycles. The number of hydrogen-bond donors (Lipinski definition) is 0. The Balaban J connectivity index is 2.74. The zero-order chi connectivity index (χ0) is 13.5. The molecule has 5 heteroatoms. The van der Waals surface area contributed by atoms with Gasteiger partial charge >= 0.3 is 5.97 Å². The average molecular weight is 266 g/mol. The highest BCUT2D eigenvalue weighted by atomic mass is 35.5. The summed E-state index contributed by atoms with van der Waals surface area (Å²) in [6, 6.07) is 6.91.